The molecule has 220 valence electrons. The van der Waals surface area contributed by atoms with Crippen molar-refractivity contribution in [1.82, 2.24) is 20.0 Å². The molecule has 10 nitrogen and oxygen atoms in total. The highest BCUT2D eigenvalue weighted by molar-refractivity contribution is 5.96. The van der Waals surface area contributed by atoms with Crippen molar-refractivity contribution in [2.24, 2.45) is 0 Å². The second-order valence-electron chi connectivity index (χ2n) is 9.91. The van der Waals surface area contributed by atoms with Crippen molar-refractivity contribution in [3.05, 3.63) is 70.7 Å². The Balaban J connectivity index is 1.67. The Morgan fingerprint density at radius 2 is 1.78 bits per heavy atom. The predicted molar refractivity (Wildman–Crippen MR) is 150 cm³/mol. The molecule has 0 saturated carbocycles. The van der Waals surface area contributed by atoms with Crippen LogP contribution in [-0.2, 0) is 9.53 Å². The molecule has 2 aliphatic heterocycles. The van der Waals surface area contributed by atoms with E-state index in [4.69, 9.17) is 14.2 Å². The second-order valence-corrected chi connectivity index (χ2v) is 9.91. The smallest absolute Gasteiger partial charge is 0.338 e. The molecule has 2 unspecified atom stereocenters. The molecule has 0 bridgehead atoms. The van der Waals surface area contributed by atoms with E-state index in [1.807, 2.05) is 13.8 Å². The first kappa shape index (κ1) is 29.9. The summed E-state index contributed by atoms with van der Waals surface area (Å²) in [6.07, 6.45) is 0. The van der Waals surface area contributed by atoms with Gasteiger partial charge in [0.1, 0.15) is 17.3 Å². The van der Waals surface area contributed by atoms with Gasteiger partial charge >= 0.3 is 12.0 Å². The molecule has 1 saturated heterocycles. The van der Waals surface area contributed by atoms with E-state index in [0.717, 1.165) is 0 Å². The minimum Gasteiger partial charge on any atom is -0.497 e. The standard InChI is InChI=1S/C30H37FN4O6/c1-6-34-24(18-33-14-15-35(19(3)17-33)28(36)20-8-10-21(31)11-9-20)26(29(37)41-7-2)27(32-30(34)38)23-13-12-22(39-4)16-25(23)40-5/h8-13,16,19,27H,6-7,14-15,17-18H2,1-5H3,(H,32,38). The molecule has 2 aromatic rings. The third-order valence-electron chi connectivity index (χ3n) is 7.44. The maximum atomic E-state index is 13.5. The Morgan fingerprint density at radius 1 is 1.05 bits per heavy atom. The van der Waals surface area contributed by atoms with E-state index in [-0.39, 0.29) is 24.6 Å². The average Bonchev–Trinajstić information content (AvgIpc) is 2.97. The van der Waals surface area contributed by atoms with Gasteiger partial charge in [0, 0.05) is 61.7 Å². The van der Waals surface area contributed by atoms with Crippen LogP contribution < -0.4 is 14.8 Å². The minimum atomic E-state index is -0.807. The second kappa shape index (κ2) is 13.0. The van der Waals surface area contributed by atoms with E-state index < -0.39 is 17.8 Å². The molecule has 2 aromatic carbocycles. The van der Waals surface area contributed by atoms with Gasteiger partial charge in [-0.2, -0.15) is 0 Å². The van der Waals surface area contributed by atoms with Crippen LogP contribution in [0.3, 0.4) is 0 Å². The van der Waals surface area contributed by atoms with Crippen LogP contribution in [0.15, 0.2) is 53.7 Å². The Bertz CT molecular complexity index is 1310. The third kappa shape index (κ3) is 6.30. The van der Waals surface area contributed by atoms with E-state index in [1.165, 1.54) is 31.4 Å². The third-order valence-corrected chi connectivity index (χ3v) is 7.44. The summed E-state index contributed by atoms with van der Waals surface area (Å²) in [5, 5.41) is 2.96. The van der Waals surface area contributed by atoms with Crippen molar-refractivity contribution in [2.75, 3.05) is 53.6 Å². The number of carbonyl (C=O) groups excluding carboxylic acids is 3. The summed E-state index contributed by atoms with van der Waals surface area (Å²) >= 11 is 0. The van der Waals surface area contributed by atoms with E-state index in [2.05, 4.69) is 10.2 Å². The molecule has 0 radical (unpaired) electrons. The first-order valence-corrected chi connectivity index (χ1v) is 13.7. The van der Waals surface area contributed by atoms with Crippen LogP contribution >= 0.6 is 0 Å². The molecule has 11 heteroatoms. The number of benzene rings is 2. The number of urea groups is 1. The number of halogens is 1. The summed E-state index contributed by atoms with van der Waals surface area (Å²) in [6.45, 7) is 7.82. The quantitative estimate of drug-likeness (QED) is 0.462. The topological polar surface area (TPSA) is 101 Å². The average molecular weight is 569 g/mol. The SMILES string of the molecule is CCOC(=O)C1=C(CN2CCN(C(=O)c3ccc(F)cc3)C(C)C2)N(CC)C(=O)NC1c1ccc(OC)cc1OC. The Hall–Kier alpha value is -4.12. The predicted octanol–water partition coefficient (Wildman–Crippen LogP) is 3.59. The number of rotatable bonds is 9. The largest absolute Gasteiger partial charge is 0.497 e. The Morgan fingerprint density at radius 3 is 2.39 bits per heavy atom. The molecule has 0 aliphatic carbocycles. The number of likely N-dealkylation sites (N-methyl/N-ethyl adjacent to an activating group) is 1. The lowest BCUT2D eigenvalue weighted by atomic mass is 9.93. The van der Waals surface area contributed by atoms with Gasteiger partial charge in [-0.15, -0.1) is 0 Å². The van der Waals surface area contributed by atoms with Crippen molar-refractivity contribution in [3.63, 3.8) is 0 Å². The fraction of sp³-hybridized carbons (Fsp3) is 0.433. The number of piperazine rings is 1. The van der Waals surface area contributed by atoms with Gasteiger partial charge in [-0.25, -0.2) is 14.0 Å². The molecule has 2 aliphatic rings. The van der Waals surface area contributed by atoms with E-state index in [0.29, 0.717) is 66.6 Å². The lowest BCUT2D eigenvalue weighted by Gasteiger charge is -2.43. The van der Waals surface area contributed by atoms with Crippen molar-refractivity contribution >= 4 is 17.9 Å². The highest BCUT2D eigenvalue weighted by Crippen LogP contribution is 2.38. The number of amides is 3. The van der Waals surface area contributed by atoms with Gasteiger partial charge in [0.25, 0.3) is 5.91 Å². The van der Waals surface area contributed by atoms with E-state index in [9.17, 15) is 18.8 Å². The molecule has 1 fully saturated rings. The number of nitrogens with one attached hydrogen (secondary N) is 1. The highest BCUT2D eigenvalue weighted by Gasteiger charge is 2.40. The summed E-state index contributed by atoms with van der Waals surface area (Å²) in [7, 11) is 3.07. The molecular formula is C30H37FN4O6. The van der Waals surface area contributed by atoms with Gasteiger partial charge in [-0.05, 0) is 57.2 Å². The van der Waals surface area contributed by atoms with Crippen LogP contribution in [0.1, 0.15) is 42.7 Å². The van der Waals surface area contributed by atoms with Crippen LogP contribution in [0.4, 0.5) is 9.18 Å². The minimum absolute atomic E-state index is 0.155. The molecule has 4 rings (SSSR count). The summed E-state index contributed by atoms with van der Waals surface area (Å²) in [5.41, 5.74) is 1.90. The van der Waals surface area contributed by atoms with E-state index in [1.54, 1.807) is 42.0 Å². The number of ether oxygens (including phenoxy) is 3. The lowest BCUT2D eigenvalue weighted by molar-refractivity contribution is -0.139. The zero-order valence-electron chi connectivity index (χ0n) is 24.1. The monoisotopic (exact) mass is 568 g/mol. The van der Waals surface area contributed by atoms with Crippen molar-refractivity contribution in [3.8, 4) is 11.5 Å². The number of hydrogen-bond donors (Lipinski definition) is 1. The summed E-state index contributed by atoms with van der Waals surface area (Å²) < 4.78 is 29.8. The van der Waals surface area contributed by atoms with Crippen molar-refractivity contribution in [1.29, 1.82) is 0 Å². The van der Waals surface area contributed by atoms with Crippen LogP contribution in [-0.4, -0.2) is 92.2 Å². The van der Waals surface area contributed by atoms with Crippen molar-refractivity contribution < 1.29 is 33.0 Å². The number of esters is 1. The molecule has 2 heterocycles. The maximum Gasteiger partial charge on any atom is 0.338 e. The molecule has 41 heavy (non-hydrogen) atoms. The molecule has 2 atom stereocenters. The molecule has 0 aromatic heterocycles. The van der Waals surface area contributed by atoms with Gasteiger partial charge in [-0.3, -0.25) is 14.6 Å². The molecule has 1 N–H and O–H groups in total. The lowest BCUT2D eigenvalue weighted by Crippen LogP contribution is -2.56. The normalized spacial score (nSPS) is 19.6. The van der Waals surface area contributed by atoms with Crippen LogP contribution in [0, 0.1) is 5.82 Å². The van der Waals surface area contributed by atoms with Crippen LogP contribution in [0.25, 0.3) is 0 Å². The highest BCUT2D eigenvalue weighted by atomic mass is 19.1. The summed E-state index contributed by atoms with van der Waals surface area (Å²) in [5.74, 6) is -0.0498. The first-order chi connectivity index (χ1) is 19.7. The summed E-state index contributed by atoms with van der Waals surface area (Å²) in [4.78, 5) is 45.4. The number of hydrogen-bond acceptors (Lipinski definition) is 7. The van der Waals surface area contributed by atoms with Crippen LogP contribution in [0.2, 0.25) is 0 Å². The van der Waals surface area contributed by atoms with E-state index >= 15 is 0 Å². The fourth-order valence-corrected chi connectivity index (χ4v) is 5.40. The Kier molecular flexibility index (Phi) is 9.49. The summed E-state index contributed by atoms with van der Waals surface area (Å²) in [6, 6.07) is 9.45. The molecular weight excluding hydrogens is 531 g/mol. The number of carbonyl (C=O) groups is 3. The van der Waals surface area contributed by atoms with Gasteiger partial charge < -0.3 is 24.4 Å². The first-order valence-electron chi connectivity index (χ1n) is 13.7. The zero-order chi connectivity index (χ0) is 29.7. The number of nitrogens with zero attached hydrogens (tertiary/aromatic N) is 3. The Labute approximate surface area is 239 Å². The fourth-order valence-electron chi connectivity index (χ4n) is 5.40. The van der Waals surface area contributed by atoms with Gasteiger partial charge in [-0.1, -0.05) is 0 Å². The maximum absolute atomic E-state index is 13.5. The van der Waals surface area contributed by atoms with Crippen LogP contribution in [0.5, 0.6) is 11.5 Å². The molecule has 0 spiro atoms. The van der Waals surface area contributed by atoms with Gasteiger partial charge in [0.2, 0.25) is 0 Å². The van der Waals surface area contributed by atoms with Gasteiger partial charge in [0.15, 0.2) is 0 Å². The number of methoxy groups -OCH3 is 2. The zero-order valence-corrected chi connectivity index (χ0v) is 24.1. The molecule has 3 amide bonds. The van der Waals surface area contributed by atoms with Gasteiger partial charge in [0.05, 0.1) is 32.4 Å². The van der Waals surface area contributed by atoms with Crippen molar-refractivity contribution in [2.45, 2.75) is 32.9 Å².